The number of amides is 1. The third-order valence-corrected chi connectivity index (χ3v) is 8.80. The van der Waals surface area contributed by atoms with Crippen LogP contribution >= 0.6 is 0 Å². The molecule has 0 aromatic heterocycles. The van der Waals surface area contributed by atoms with E-state index in [1.807, 2.05) is 0 Å². The first-order chi connectivity index (χ1) is 19.3. The second kappa shape index (κ2) is 14.6. The number of aliphatic imine (C=N–C) groups is 1. The second-order valence-electron chi connectivity index (χ2n) is 13.0. The van der Waals surface area contributed by atoms with Crippen molar-refractivity contribution in [2.24, 2.45) is 22.7 Å². The van der Waals surface area contributed by atoms with Crippen molar-refractivity contribution in [3.8, 4) is 0 Å². The number of hydrogen-bond donors (Lipinski definition) is 0. The molecule has 3 unspecified atom stereocenters. The van der Waals surface area contributed by atoms with Gasteiger partial charge in [0.05, 0.1) is 12.1 Å². The van der Waals surface area contributed by atoms with Crippen LogP contribution in [-0.2, 0) is 9.53 Å². The van der Waals surface area contributed by atoms with Crippen LogP contribution in [0.3, 0.4) is 0 Å². The van der Waals surface area contributed by atoms with Gasteiger partial charge in [0.1, 0.15) is 5.84 Å². The summed E-state index contributed by atoms with van der Waals surface area (Å²) in [7, 11) is 1.78. The molecule has 4 rings (SSSR count). The molecule has 6 heteroatoms. The average Bonchev–Trinajstić information content (AvgIpc) is 3.30. The second-order valence-corrected chi connectivity index (χ2v) is 13.0. The lowest BCUT2D eigenvalue weighted by atomic mass is 9.94. The fraction of sp³-hybridized carbons (Fsp3) is 0.706. The van der Waals surface area contributed by atoms with Crippen LogP contribution in [0.2, 0.25) is 0 Å². The summed E-state index contributed by atoms with van der Waals surface area (Å²) in [5.41, 5.74) is 3.22. The van der Waals surface area contributed by atoms with E-state index in [0.717, 1.165) is 63.3 Å². The van der Waals surface area contributed by atoms with Gasteiger partial charge in [0.25, 0.3) is 5.91 Å². The minimum absolute atomic E-state index is 0.0890. The van der Waals surface area contributed by atoms with E-state index in [4.69, 9.17) is 9.73 Å². The van der Waals surface area contributed by atoms with Gasteiger partial charge in [-0.25, -0.2) is 0 Å². The number of ether oxygens (including phenoxy) is 1. The third kappa shape index (κ3) is 7.97. The van der Waals surface area contributed by atoms with E-state index in [9.17, 15) is 4.79 Å². The highest BCUT2D eigenvalue weighted by Crippen LogP contribution is 2.34. The molecule has 3 atom stereocenters. The Morgan fingerprint density at radius 1 is 1.07 bits per heavy atom. The Bertz CT molecular complexity index is 1000. The van der Waals surface area contributed by atoms with Crippen LogP contribution in [0.4, 0.5) is 0 Å². The summed E-state index contributed by atoms with van der Waals surface area (Å²) < 4.78 is 5.65. The number of piperidine rings is 1. The largest absolute Gasteiger partial charge is 0.377 e. The van der Waals surface area contributed by atoms with Crippen molar-refractivity contribution in [3.63, 3.8) is 0 Å². The predicted molar refractivity (Wildman–Crippen MR) is 166 cm³/mol. The van der Waals surface area contributed by atoms with Crippen molar-refractivity contribution in [1.29, 1.82) is 0 Å². The fourth-order valence-electron chi connectivity index (χ4n) is 6.22. The van der Waals surface area contributed by atoms with Crippen molar-refractivity contribution in [2.45, 2.75) is 91.7 Å². The smallest absolute Gasteiger partial charge is 0.253 e. The highest BCUT2D eigenvalue weighted by Gasteiger charge is 2.35. The molecule has 0 aromatic rings. The molecular weight excluding hydrogens is 496 g/mol. The molecule has 222 valence electrons. The standard InChI is InChI=1S/C34H54N4O2/c1-25(2)15-21-37(22-16-26(3)4)34(39)29-11-13-30-31(24-29)38(20-10-19-36-17-8-7-9-18-36)33(35-30)28-12-14-32(40-6)27(5)23-28/h11-12,14,23-27,30,32H,7-10,13,15-22H2,1-6H3. The molecule has 40 heavy (non-hydrogen) atoms. The fourth-order valence-corrected chi connectivity index (χ4v) is 6.22. The van der Waals surface area contributed by atoms with Crippen LogP contribution in [0.25, 0.3) is 0 Å². The van der Waals surface area contributed by atoms with Gasteiger partial charge in [-0.05, 0) is 76.1 Å². The van der Waals surface area contributed by atoms with Gasteiger partial charge in [-0.15, -0.1) is 0 Å². The molecule has 1 amide bonds. The Kier molecular flexibility index (Phi) is 11.3. The number of methoxy groups -OCH3 is 1. The van der Waals surface area contributed by atoms with E-state index in [1.54, 1.807) is 7.11 Å². The van der Waals surface area contributed by atoms with Gasteiger partial charge in [-0.2, -0.15) is 0 Å². The summed E-state index contributed by atoms with van der Waals surface area (Å²) in [4.78, 5) is 26.2. The van der Waals surface area contributed by atoms with Crippen molar-refractivity contribution in [2.75, 3.05) is 46.4 Å². The van der Waals surface area contributed by atoms with Gasteiger partial charge in [-0.1, -0.05) is 65.3 Å². The first kappa shape index (κ1) is 30.8. The molecule has 0 radical (unpaired) electrons. The lowest BCUT2D eigenvalue weighted by Crippen LogP contribution is -2.37. The lowest BCUT2D eigenvalue weighted by Gasteiger charge is -2.31. The number of hydrogen-bond acceptors (Lipinski definition) is 5. The number of likely N-dealkylation sites (tertiary alicyclic amines) is 1. The highest BCUT2D eigenvalue weighted by atomic mass is 16.5. The normalized spacial score (nSPS) is 25.1. The maximum Gasteiger partial charge on any atom is 0.253 e. The SMILES string of the molecule is COC1C=CC(C2=NC3CC=C(C(=O)N(CCC(C)C)CCC(C)C)C=C3N2CCCN2CCCCC2)=CC1C. The van der Waals surface area contributed by atoms with Gasteiger partial charge in [0, 0.05) is 49.5 Å². The molecule has 4 aliphatic rings. The van der Waals surface area contributed by atoms with Gasteiger partial charge < -0.3 is 19.4 Å². The number of carbonyl (C=O) groups is 1. The summed E-state index contributed by atoms with van der Waals surface area (Å²) in [5.74, 6) is 2.70. The Morgan fingerprint density at radius 3 is 2.40 bits per heavy atom. The molecule has 0 bridgehead atoms. The zero-order chi connectivity index (χ0) is 28.6. The van der Waals surface area contributed by atoms with Crippen LogP contribution in [0.1, 0.15) is 79.6 Å². The van der Waals surface area contributed by atoms with E-state index < -0.39 is 0 Å². The van der Waals surface area contributed by atoms with E-state index in [-0.39, 0.29) is 18.1 Å². The number of amidine groups is 1. The Morgan fingerprint density at radius 2 is 1.77 bits per heavy atom. The predicted octanol–water partition coefficient (Wildman–Crippen LogP) is 6.23. The maximum atomic E-state index is 13.8. The van der Waals surface area contributed by atoms with E-state index in [1.165, 1.54) is 43.6 Å². The molecule has 1 fully saturated rings. The van der Waals surface area contributed by atoms with E-state index in [2.05, 4.69) is 79.7 Å². The number of rotatable bonds is 13. The molecule has 0 aromatic carbocycles. The molecule has 0 N–H and O–H groups in total. The van der Waals surface area contributed by atoms with Crippen molar-refractivity contribution in [1.82, 2.24) is 14.7 Å². The molecule has 0 saturated carbocycles. The third-order valence-electron chi connectivity index (χ3n) is 8.80. The monoisotopic (exact) mass is 550 g/mol. The lowest BCUT2D eigenvalue weighted by molar-refractivity contribution is -0.127. The quantitative estimate of drug-likeness (QED) is 0.273. The number of carbonyl (C=O) groups excluding carboxylic acids is 1. The number of nitrogens with zero attached hydrogens (tertiary/aromatic N) is 4. The summed E-state index contributed by atoms with van der Waals surface area (Å²) in [6.07, 6.45) is 19.0. The zero-order valence-corrected chi connectivity index (χ0v) is 26.1. The molecule has 1 saturated heterocycles. The van der Waals surface area contributed by atoms with Crippen LogP contribution in [0.5, 0.6) is 0 Å². The van der Waals surface area contributed by atoms with Crippen molar-refractivity contribution < 1.29 is 9.53 Å². The van der Waals surface area contributed by atoms with E-state index >= 15 is 0 Å². The molecule has 6 nitrogen and oxygen atoms in total. The topological polar surface area (TPSA) is 48.4 Å². The van der Waals surface area contributed by atoms with Crippen LogP contribution in [-0.4, -0.2) is 85.0 Å². The maximum absolute atomic E-state index is 13.8. The van der Waals surface area contributed by atoms with Crippen LogP contribution < -0.4 is 0 Å². The van der Waals surface area contributed by atoms with Crippen molar-refractivity contribution in [3.05, 3.63) is 47.2 Å². The van der Waals surface area contributed by atoms with Gasteiger partial charge in [0.15, 0.2) is 0 Å². The molecule has 2 aliphatic carbocycles. The first-order valence-corrected chi connectivity index (χ1v) is 16.0. The summed E-state index contributed by atoms with van der Waals surface area (Å²) in [6.45, 7) is 17.3. The van der Waals surface area contributed by atoms with Gasteiger partial charge in [0.2, 0.25) is 0 Å². The first-order valence-electron chi connectivity index (χ1n) is 16.0. The number of fused-ring (bicyclic) bond motifs is 1. The van der Waals surface area contributed by atoms with E-state index in [0.29, 0.717) is 17.8 Å². The molecule has 2 heterocycles. The zero-order valence-electron chi connectivity index (χ0n) is 26.1. The minimum atomic E-state index is 0.0890. The Labute approximate surface area is 243 Å². The molecular formula is C34H54N4O2. The average molecular weight is 551 g/mol. The Hall–Kier alpha value is -2.18. The Balaban J connectivity index is 1.54. The van der Waals surface area contributed by atoms with Crippen LogP contribution in [0, 0.1) is 17.8 Å². The summed E-state index contributed by atoms with van der Waals surface area (Å²) >= 11 is 0. The summed E-state index contributed by atoms with van der Waals surface area (Å²) in [6, 6.07) is 0.0890. The van der Waals surface area contributed by atoms with Gasteiger partial charge >= 0.3 is 0 Å². The van der Waals surface area contributed by atoms with Crippen LogP contribution in [0.15, 0.2) is 52.2 Å². The molecule has 0 spiro atoms. The summed E-state index contributed by atoms with van der Waals surface area (Å²) in [5, 5.41) is 0. The minimum Gasteiger partial charge on any atom is -0.377 e. The highest BCUT2D eigenvalue weighted by molar-refractivity contribution is 6.05. The van der Waals surface area contributed by atoms with Gasteiger partial charge in [-0.3, -0.25) is 9.79 Å². The van der Waals surface area contributed by atoms with Crippen molar-refractivity contribution >= 4 is 11.7 Å². The molecule has 2 aliphatic heterocycles.